The van der Waals surface area contributed by atoms with Crippen molar-refractivity contribution in [3.8, 4) is 17.6 Å². The number of benzene rings is 2. The molecule has 0 bridgehead atoms. The summed E-state index contributed by atoms with van der Waals surface area (Å²) in [6.45, 7) is 5.99. The molecule has 0 atom stereocenters. The summed E-state index contributed by atoms with van der Waals surface area (Å²) in [5.41, 5.74) is 0.821. The van der Waals surface area contributed by atoms with Crippen LogP contribution in [0.15, 0.2) is 35.9 Å². The third-order valence-electron chi connectivity index (χ3n) is 3.54. The number of hydrogen-bond acceptors (Lipinski definition) is 4. The van der Waals surface area contributed by atoms with Gasteiger partial charge in [-0.2, -0.15) is 5.26 Å². The summed E-state index contributed by atoms with van der Waals surface area (Å²) in [7, 11) is 0. The third kappa shape index (κ3) is 6.30. The molecule has 0 aromatic heterocycles. The highest BCUT2D eigenvalue weighted by Crippen LogP contribution is 2.38. The second-order valence-electron chi connectivity index (χ2n) is 6.18. The Balaban J connectivity index is 2.34. The number of carbonyl (C=O) groups excluding carboxylic acids is 1. The van der Waals surface area contributed by atoms with E-state index in [1.807, 2.05) is 26.8 Å². The van der Waals surface area contributed by atoms with Gasteiger partial charge in [0.25, 0.3) is 5.91 Å². The molecule has 2 aromatic rings. The molecule has 5 nitrogen and oxygen atoms in total. The predicted molar refractivity (Wildman–Crippen MR) is 117 cm³/mol. The van der Waals surface area contributed by atoms with E-state index in [1.54, 1.807) is 24.3 Å². The van der Waals surface area contributed by atoms with Crippen molar-refractivity contribution >= 4 is 52.5 Å². The number of amides is 1. The van der Waals surface area contributed by atoms with E-state index in [2.05, 4.69) is 5.32 Å². The Morgan fingerprint density at radius 2 is 1.90 bits per heavy atom. The van der Waals surface area contributed by atoms with Crippen LogP contribution in [-0.2, 0) is 4.79 Å². The van der Waals surface area contributed by atoms with Crippen LogP contribution in [0.25, 0.3) is 6.08 Å². The highest BCUT2D eigenvalue weighted by Gasteiger charge is 2.16. The van der Waals surface area contributed by atoms with Gasteiger partial charge in [0.15, 0.2) is 11.5 Å². The molecule has 0 heterocycles. The predicted octanol–water partition coefficient (Wildman–Crippen LogP) is 6.38. The zero-order valence-corrected chi connectivity index (χ0v) is 18.3. The maximum atomic E-state index is 12.5. The Labute approximate surface area is 184 Å². The fourth-order valence-electron chi connectivity index (χ4n) is 2.37. The van der Waals surface area contributed by atoms with E-state index in [-0.39, 0.29) is 11.7 Å². The van der Waals surface area contributed by atoms with Gasteiger partial charge >= 0.3 is 0 Å². The third-order valence-corrected chi connectivity index (χ3v) is 4.56. The lowest BCUT2D eigenvalue weighted by molar-refractivity contribution is -0.112. The molecule has 0 aliphatic heterocycles. The topological polar surface area (TPSA) is 71.3 Å². The summed E-state index contributed by atoms with van der Waals surface area (Å²) in [6.07, 6.45) is 1.32. The van der Waals surface area contributed by atoms with Crippen LogP contribution in [0.1, 0.15) is 26.3 Å². The summed E-state index contributed by atoms with van der Waals surface area (Å²) in [4.78, 5) is 12.5. The monoisotopic (exact) mass is 452 g/mol. The number of nitriles is 1. The maximum Gasteiger partial charge on any atom is 0.266 e. The van der Waals surface area contributed by atoms with Gasteiger partial charge in [0.2, 0.25) is 0 Å². The first kappa shape index (κ1) is 22.9. The number of rotatable bonds is 7. The number of halogens is 3. The summed E-state index contributed by atoms with van der Waals surface area (Å²) in [6, 6.07) is 9.79. The summed E-state index contributed by atoms with van der Waals surface area (Å²) in [5, 5.41) is 13.0. The lowest BCUT2D eigenvalue weighted by Crippen LogP contribution is -2.13. The number of nitrogens with zero attached hydrogens (tertiary/aromatic N) is 1. The van der Waals surface area contributed by atoms with E-state index in [1.165, 1.54) is 12.1 Å². The Kier molecular flexibility index (Phi) is 8.21. The largest absolute Gasteiger partial charge is 0.490 e. The molecule has 0 saturated carbocycles. The highest BCUT2D eigenvalue weighted by molar-refractivity contribution is 6.42. The Bertz CT molecular complexity index is 982. The van der Waals surface area contributed by atoms with E-state index in [9.17, 15) is 10.1 Å². The van der Waals surface area contributed by atoms with Crippen molar-refractivity contribution < 1.29 is 14.3 Å². The van der Waals surface area contributed by atoms with Gasteiger partial charge in [0.1, 0.15) is 11.6 Å². The van der Waals surface area contributed by atoms with Gasteiger partial charge < -0.3 is 14.8 Å². The number of nitrogens with one attached hydrogen (secondary N) is 1. The van der Waals surface area contributed by atoms with Crippen LogP contribution in [0, 0.1) is 11.3 Å². The molecule has 1 amide bonds. The molecule has 0 spiro atoms. The van der Waals surface area contributed by atoms with Crippen LogP contribution in [0.5, 0.6) is 11.5 Å². The van der Waals surface area contributed by atoms with Crippen LogP contribution in [0.4, 0.5) is 5.69 Å². The minimum Gasteiger partial charge on any atom is -0.490 e. The van der Waals surface area contributed by atoms with Crippen LogP contribution >= 0.6 is 34.8 Å². The van der Waals surface area contributed by atoms with Gasteiger partial charge in [-0.15, -0.1) is 0 Å². The van der Waals surface area contributed by atoms with Crippen molar-refractivity contribution in [1.82, 2.24) is 0 Å². The first-order valence-corrected chi connectivity index (χ1v) is 9.89. The van der Waals surface area contributed by atoms with Gasteiger partial charge in [-0.05, 0) is 62.7 Å². The zero-order valence-electron chi connectivity index (χ0n) is 16.1. The number of ether oxygens (including phenoxy) is 2. The molecule has 0 aliphatic carbocycles. The highest BCUT2D eigenvalue weighted by atomic mass is 35.5. The second kappa shape index (κ2) is 10.4. The van der Waals surface area contributed by atoms with E-state index >= 15 is 0 Å². The van der Waals surface area contributed by atoms with Crippen LogP contribution in [-0.4, -0.2) is 18.6 Å². The first-order valence-electron chi connectivity index (χ1n) is 8.76. The standard InChI is InChI=1S/C21H19Cl3N2O3/c1-4-28-19-9-13(8-18(24)20(19)29-12(2)3)7-14(11-25)21(27)26-15-5-6-16(22)17(23)10-15/h5-10,12H,4H2,1-3H3,(H,26,27)/b14-7+. The van der Waals surface area contributed by atoms with E-state index < -0.39 is 5.91 Å². The Hall–Kier alpha value is -2.39. The van der Waals surface area contributed by atoms with Gasteiger partial charge in [-0.25, -0.2) is 0 Å². The molecular weight excluding hydrogens is 435 g/mol. The second-order valence-corrected chi connectivity index (χ2v) is 7.40. The van der Waals surface area contributed by atoms with Crippen molar-refractivity contribution in [3.63, 3.8) is 0 Å². The summed E-state index contributed by atoms with van der Waals surface area (Å²) < 4.78 is 11.3. The summed E-state index contributed by atoms with van der Waals surface area (Å²) in [5.74, 6) is 0.254. The molecule has 0 fully saturated rings. The Morgan fingerprint density at radius 3 is 2.48 bits per heavy atom. The minimum absolute atomic E-state index is 0.0975. The van der Waals surface area contributed by atoms with Crippen LogP contribution in [0.2, 0.25) is 15.1 Å². The Morgan fingerprint density at radius 1 is 1.17 bits per heavy atom. The van der Waals surface area contributed by atoms with Crippen molar-refractivity contribution in [1.29, 1.82) is 5.26 Å². The normalized spacial score (nSPS) is 11.2. The van der Waals surface area contributed by atoms with Crippen LogP contribution < -0.4 is 14.8 Å². The first-order chi connectivity index (χ1) is 13.7. The van der Waals surface area contributed by atoms with Gasteiger partial charge in [0, 0.05) is 5.69 Å². The molecule has 0 radical (unpaired) electrons. The lowest BCUT2D eigenvalue weighted by Gasteiger charge is -2.16. The molecule has 8 heteroatoms. The SMILES string of the molecule is CCOc1cc(/C=C(\C#N)C(=O)Nc2ccc(Cl)c(Cl)c2)cc(Cl)c1OC(C)C. The average Bonchev–Trinajstić information content (AvgIpc) is 2.65. The molecule has 1 N–H and O–H groups in total. The molecule has 29 heavy (non-hydrogen) atoms. The quantitative estimate of drug-likeness (QED) is 0.390. The van der Waals surface area contributed by atoms with E-state index in [0.717, 1.165) is 0 Å². The number of anilines is 1. The molecule has 0 unspecified atom stereocenters. The van der Waals surface area contributed by atoms with Crippen molar-refractivity contribution in [3.05, 3.63) is 56.5 Å². The number of hydrogen-bond donors (Lipinski definition) is 1. The fourth-order valence-corrected chi connectivity index (χ4v) is 2.93. The maximum absolute atomic E-state index is 12.5. The van der Waals surface area contributed by atoms with Crippen molar-refractivity contribution in [2.75, 3.05) is 11.9 Å². The van der Waals surface area contributed by atoms with Crippen molar-refractivity contribution in [2.45, 2.75) is 26.9 Å². The van der Waals surface area contributed by atoms with E-state index in [4.69, 9.17) is 44.3 Å². The molecule has 2 aromatic carbocycles. The molecule has 0 saturated heterocycles. The number of carbonyl (C=O) groups is 1. The van der Waals surface area contributed by atoms with Gasteiger partial charge in [0.05, 0.1) is 27.8 Å². The zero-order chi connectivity index (χ0) is 21.6. The van der Waals surface area contributed by atoms with Crippen LogP contribution in [0.3, 0.4) is 0 Å². The van der Waals surface area contributed by atoms with Crippen molar-refractivity contribution in [2.24, 2.45) is 0 Å². The summed E-state index contributed by atoms with van der Waals surface area (Å²) >= 11 is 18.2. The van der Waals surface area contributed by atoms with Gasteiger partial charge in [-0.1, -0.05) is 34.8 Å². The molecular formula is C21H19Cl3N2O3. The smallest absolute Gasteiger partial charge is 0.266 e. The molecule has 0 aliphatic rings. The van der Waals surface area contributed by atoms with E-state index in [0.29, 0.717) is 44.4 Å². The molecule has 152 valence electrons. The minimum atomic E-state index is -0.595. The average molecular weight is 454 g/mol. The van der Waals surface area contributed by atoms with Gasteiger partial charge in [-0.3, -0.25) is 4.79 Å². The lowest BCUT2D eigenvalue weighted by atomic mass is 10.1. The fraction of sp³-hybridized carbons (Fsp3) is 0.238. The molecule has 2 rings (SSSR count).